The maximum absolute atomic E-state index is 13.7. The van der Waals surface area contributed by atoms with Gasteiger partial charge >= 0.3 is 0 Å². The largest absolute Gasteiger partial charge is 0.494 e. The Balaban J connectivity index is 2.53. The van der Waals surface area contributed by atoms with E-state index in [4.69, 9.17) is 4.74 Å². The maximum Gasteiger partial charge on any atom is 0.167 e. The van der Waals surface area contributed by atoms with Gasteiger partial charge in [0.1, 0.15) is 12.1 Å². The number of aliphatic hydroxyl groups excluding tert-OH is 1. The third-order valence-corrected chi connectivity index (χ3v) is 3.95. The first-order chi connectivity index (χ1) is 10.1. The van der Waals surface area contributed by atoms with Gasteiger partial charge in [0.25, 0.3) is 0 Å². The fourth-order valence-electron chi connectivity index (χ4n) is 2.25. The Morgan fingerprint density at radius 1 is 1.29 bits per heavy atom. The quantitative estimate of drug-likeness (QED) is 0.857. The second-order valence-corrected chi connectivity index (χ2v) is 5.00. The van der Waals surface area contributed by atoms with Crippen molar-refractivity contribution < 1.29 is 14.2 Å². The molecule has 0 bridgehead atoms. The number of methoxy groups -OCH3 is 1. The molecule has 0 aliphatic carbocycles. The summed E-state index contributed by atoms with van der Waals surface area (Å²) in [5.74, 6) is 0.244. The summed E-state index contributed by atoms with van der Waals surface area (Å²) in [5.41, 5.74) is 0.0351. The van der Waals surface area contributed by atoms with Crippen molar-refractivity contribution in [2.45, 2.75) is 32.2 Å². The molecule has 0 radical (unpaired) electrons. The number of halogens is 1. The Morgan fingerprint density at radius 3 is 2.57 bits per heavy atom. The minimum atomic E-state index is -0.464. The van der Waals surface area contributed by atoms with Crippen LogP contribution in [0.1, 0.15) is 26.7 Å². The fourth-order valence-corrected chi connectivity index (χ4v) is 2.25. The van der Waals surface area contributed by atoms with Crippen LogP contribution in [-0.2, 0) is 0 Å². The van der Waals surface area contributed by atoms with Gasteiger partial charge in [-0.25, -0.2) is 14.4 Å². The van der Waals surface area contributed by atoms with Crippen LogP contribution < -0.4 is 10.1 Å². The second kappa shape index (κ2) is 6.22. The number of hydrogen-bond donors (Lipinski definition) is 2. The van der Waals surface area contributed by atoms with Gasteiger partial charge in [-0.1, -0.05) is 13.8 Å². The highest BCUT2D eigenvalue weighted by Crippen LogP contribution is 2.30. The molecule has 21 heavy (non-hydrogen) atoms. The molecule has 2 aromatic rings. The van der Waals surface area contributed by atoms with Gasteiger partial charge in [-0.15, -0.1) is 0 Å². The van der Waals surface area contributed by atoms with E-state index in [-0.39, 0.29) is 12.4 Å². The molecule has 1 heterocycles. The zero-order valence-corrected chi connectivity index (χ0v) is 12.5. The molecule has 114 valence electrons. The van der Waals surface area contributed by atoms with E-state index < -0.39 is 11.4 Å². The first-order valence-electron chi connectivity index (χ1n) is 6.96. The molecule has 5 nitrogen and oxygen atoms in total. The van der Waals surface area contributed by atoms with Crippen molar-refractivity contribution in [2.75, 3.05) is 19.0 Å². The zero-order chi connectivity index (χ0) is 15.5. The van der Waals surface area contributed by atoms with Crippen molar-refractivity contribution in [1.82, 2.24) is 9.97 Å². The highest BCUT2D eigenvalue weighted by Gasteiger charge is 2.26. The third-order valence-electron chi connectivity index (χ3n) is 3.95. The lowest BCUT2D eigenvalue weighted by Crippen LogP contribution is -2.41. The monoisotopic (exact) mass is 293 g/mol. The Hall–Kier alpha value is -1.95. The normalized spacial score (nSPS) is 11.7. The van der Waals surface area contributed by atoms with Crippen LogP contribution in [0, 0.1) is 5.82 Å². The van der Waals surface area contributed by atoms with Crippen molar-refractivity contribution in [3.63, 3.8) is 0 Å². The summed E-state index contributed by atoms with van der Waals surface area (Å²) in [6.45, 7) is 3.98. The van der Waals surface area contributed by atoms with Gasteiger partial charge in [0, 0.05) is 11.5 Å². The van der Waals surface area contributed by atoms with Crippen molar-refractivity contribution in [2.24, 2.45) is 0 Å². The number of nitrogens with zero attached hydrogens (tertiary/aromatic N) is 2. The van der Waals surface area contributed by atoms with Crippen LogP contribution in [0.4, 0.5) is 10.2 Å². The van der Waals surface area contributed by atoms with E-state index in [2.05, 4.69) is 15.3 Å². The van der Waals surface area contributed by atoms with Crippen molar-refractivity contribution in [1.29, 1.82) is 0 Å². The molecule has 6 heteroatoms. The van der Waals surface area contributed by atoms with E-state index >= 15 is 0 Å². The van der Waals surface area contributed by atoms with Crippen LogP contribution in [0.3, 0.4) is 0 Å². The van der Waals surface area contributed by atoms with Crippen LogP contribution in [-0.4, -0.2) is 34.3 Å². The Bertz CT molecular complexity index is 621. The molecule has 0 saturated carbocycles. The molecule has 0 atom stereocenters. The summed E-state index contributed by atoms with van der Waals surface area (Å²) in [6.07, 6.45) is 2.86. The van der Waals surface area contributed by atoms with Crippen LogP contribution in [0.2, 0.25) is 0 Å². The number of aromatic nitrogens is 2. The number of aliphatic hydroxyl groups is 1. The first kappa shape index (κ1) is 15.4. The third kappa shape index (κ3) is 2.90. The molecular formula is C15H20FN3O2. The van der Waals surface area contributed by atoms with Gasteiger partial charge < -0.3 is 15.2 Å². The summed E-state index contributed by atoms with van der Waals surface area (Å²) < 4.78 is 18.8. The van der Waals surface area contributed by atoms with Crippen molar-refractivity contribution in [3.05, 3.63) is 24.3 Å². The minimum absolute atomic E-state index is 0.0101. The molecule has 0 amide bonds. The van der Waals surface area contributed by atoms with Gasteiger partial charge in [0.15, 0.2) is 11.6 Å². The lowest BCUT2D eigenvalue weighted by molar-refractivity contribution is 0.202. The zero-order valence-electron chi connectivity index (χ0n) is 12.5. The number of anilines is 1. The van der Waals surface area contributed by atoms with Crippen LogP contribution in [0.15, 0.2) is 18.5 Å². The highest BCUT2D eigenvalue weighted by atomic mass is 19.1. The van der Waals surface area contributed by atoms with Gasteiger partial charge in [-0.2, -0.15) is 0 Å². The average Bonchev–Trinajstić information content (AvgIpc) is 2.52. The van der Waals surface area contributed by atoms with Crippen LogP contribution >= 0.6 is 0 Å². The van der Waals surface area contributed by atoms with Crippen molar-refractivity contribution in [3.8, 4) is 5.75 Å². The molecule has 2 rings (SSSR count). The maximum atomic E-state index is 13.7. The molecule has 1 aromatic carbocycles. The topological polar surface area (TPSA) is 67.3 Å². The molecule has 2 N–H and O–H groups in total. The van der Waals surface area contributed by atoms with Crippen LogP contribution in [0.25, 0.3) is 10.9 Å². The van der Waals surface area contributed by atoms with E-state index in [0.717, 1.165) is 12.8 Å². The Morgan fingerprint density at radius 2 is 2.00 bits per heavy atom. The number of fused-ring (bicyclic) bond motifs is 1. The van der Waals surface area contributed by atoms with Crippen LogP contribution in [0.5, 0.6) is 5.75 Å². The van der Waals surface area contributed by atoms with Gasteiger partial charge in [-0.3, -0.25) is 0 Å². The average molecular weight is 293 g/mol. The summed E-state index contributed by atoms with van der Waals surface area (Å²) in [4.78, 5) is 8.31. The smallest absolute Gasteiger partial charge is 0.167 e. The number of ether oxygens (including phenoxy) is 1. The second-order valence-electron chi connectivity index (χ2n) is 5.00. The molecule has 0 saturated heterocycles. The standard InChI is InChI=1S/C15H20FN3O2/c1-4-15(5-2,8-20)19-14-10-6-13(21-3)11(16)7-12(10)17-9-18-14/h6-7,9,20H,4-5,8H2,1-3H3,(H,17,18,19). The van der Waals surface area contributed by atoms with E-state index in [1.165, 1.54) is 19.5 Å². The lowest BCUT2D eigenvalue weighted by Gasteiger charge is -2.31. The number of nitrogens with one attached hydrogen (secondary N) is 1. The molecule has 1 aromatic heterocycles. The minimum Gasteiger partial charge on any atom is -0.494 e. The number of hydrogen-bond acceptors (Lipinski definition) is 5. The molecular weight excluding hydrogens is 273 g/mol. The molecule has 0 aliphatic heterocycles. The number of benzene rings is 1. The highest BCUT2D eigenvalue weighted by molar-refractivity contribution is 5.90. The molecule has 0 unspecified atom stereocenters. The molecule has 0 spiro atoms. The summed E-state index contributed by atoms with van der Waals surface area (Å²) >= 11 is 0. The summed E-state index contributed by atoms with van der Waals surface area (Å²) in [6, 6.07) is 2.89. The van der Waals surface area contributed by atoms with E-state index in [0.29, 0.717) is 16.7 Å². The van der Waals surface area contributed by atoms with Crippen molar-refractivity contribution >= 4 is 16.7 Å². The summed E-state index contributed by atoms with van der Waals surface area (Å²) in [5, 5.41) is 13.6. The Kier molecular flexibility index (Phi) is 4.57. The van der Waals surface area contributed by atoms with Gasteiger partial charge in [-0.05, 0) is 18.9 Å². The number of rotatable bonds is 6. The van der Waals surface area contributed by atoms with Gasteiger partial charge in [0.05, 0.1) is 24.8 Å². The van der Waals surface area contributed by atoms with E-state index in [1.54, 1.807) is 6.07 Å². The molecule has 0 fully saturated rings. The Labute approximate surface area is 123 Å². The predicted octanol–water partition coefficient (Wildman–Crippen LogP) is 2.74. The predicted molar refractivity (Wildman–Crippen MR) is 80.1 cm³/mol. The van der Waals surface area contributed by atoms with E-state index in [9.17, 15) is 9.50 Å². The molecule has 0 aliphatic rings. The summed E-state index contributed by atoms with van der Waals surface area (Å²) in [7, 11) is 1.41. The van der Waals surface area contributed by atoms with E-state index in [1.807, 2.05) is 13.8 Å². The fraction of sp³-hybridized carbons (Fsp3) is 0.467. The van der Waals surface area contributed by atoms with Gasteiger partial charge in [0.2, 0.25) is 0 Å². The SMILES string of the molecule is CCC(CC)(CO)Nc1ncnc2cc(F)c(OC)cc12. The first-order valence-corrected chi connectivity index (χ1v) is 6.96. The lowest BCUT2D eigenvalue weighted by atomic mass is 9.93.